The van der Waals surface area contributed by atoms with Gasteiger partial charge in [0.05, 0.1) is 13.2 Å². The number of amides is 1. The monoisotopic (exact) mass is 417 g/mol. The topological polar surface area (TPSA) is 69.2 Å². The number of carbonyl (C=O) groups excluding carboxylic acids is 1. The minimum absolute atomic E-state index is 0.0151. The van der Waals surface area contributed by atoms with Crippen molar-refractivity contribution in [1.29, 1.82) is 0 Å². The largest absolute Gasteiger partial charge is 0.379 e. The molecular weight excluding hydrogens is 378 g/mol. The number of nitrogens with one attached hydrogen (secondary N) is 2. The highest BCUT2D eigenvalue weighted by Gasteiger charge is 2.21. The van der Waals surface area contributed by atoms with Gasteiger partial charge >= 0.3 is 0 Å². The fraction of sp³-hybridized carbons (Fsp3) is 0.652. The lowest BCUT2D eigenvalue weighted by atomic mass is 9.84. The van der Waals surface area contributed by atoms with Crippen LogP contribution >= 0.6 is 0 Å². The van der Waals surface area contributed by atoms with Gasteiger partial charge in [0.1, 0.15) is 6.54 Å². The average Bonchev–Trinajstić information content (AvgIpc) is 2.75. The molecule has 0 unspecified atom stereocenters. The SMILES string of the molecule is CCc1ccc(C(C)(C)CNC(=NCC(=O)N(C)C)NCCN2CCOCC2)cc1. The maximum Gasteiger partial charge on any atom is 0.243 e. The maximum atomic E-state index is 12.0. The van der Waals surface area contributed by atoms with Crippen molar-refractivity contribution in [3.05, 3.63) is 35.4 Å². The molecule has 1 aliphatic heterocycles. The van der Waals surface area contributed by atoms with Gasteiger partial charge in [0.2, 0.25) is 5.91 Å². The highest BCUT2D eigenvalue weighted by Crippen LogP contribution is 2.22. The predicted octanol–water partition coefficient (Wildman–Crippen LogP) is 1.48. The molecule has 2 N–H and O–H groups in total. The third-order valence-corrected chi connectivity index (χ3v) is 5.54. The molecule has 168 valence electrons. The second-order valence-electron chi connectivity index (χ2n) is 8.62. The molecule has 0 radical (unpaired) electrons. The molecule has 7 nitrogen and oxygen atoms in total. The number of ether oxygens (including phenoxy) is 1. The van der Waals surface area contributed by atoms with E-state index in [0.29, 0.717) is 5.96 Å². The number of aliphatic imine (C=N–C) groups is 1. The number of nitrogens with zero attached hydrogens (tertiary/aromatic N) is 3. The van der Waals surface area contributed by atoms with E-state index < -0.39 is 0 Å². The Morgan fingerprint density at radius 3 is 2.43 bits per heavy atom. The molecule has 1 amide bonds. The van der Waals surface area contributed by atoms with Gasteiger partial charge < -0.3 is 20.3 Å². The van der Waals surface area contributed by atoms with Crippen LogP contribution in [0.25, 0.3) is 0 Å². The Balaban J connectivity index is 1.95. The fourth-order valence-electron chi connectivity index (χ4n) is 3.22. The summed E-state index contributed by atoms with van der Waals surface area (Å²) in [6, 6.07) is 8.81. The van der Waals surface area contributed by atoms with E-state index in [4.69, 9.17) is 4.74 Å². The minimum Gasteiger partial charge on any atom is -0.379 e. The van der Waals surface area contributed by atoms with E-state index in [1.165, 1.54) is 11.1 Å². The number of morpholine rings is 1. The van der Waals surface area contributed by atoms with Crippen LogP contribution in [0.5, 0.6) is 0 Å². The molecule has 0 atom stereocenters. The number of hydrogen-bond acceptors (Lipinski definition) is 4. The number of guanidine groups is 1. The molecule has 0 bridgehead atoms. The first-order valence-corrected chi connectivity index (χ1v) is 10.9. The number of rotatable bonds is 9. The van der Waals surface area contributed by atoms with E-state index in [1.807, 2.05) is 0 Å². The Morgan fingerprint density at radius 2 is 1.83 bits per heavy atom. The summed E-state index contributed by atoms with van der Waals surface area (Å²) in [5.41, 5.74) is 2.56. The quantitative estimate of drug-likeness (QED) is 0.471. The Labute approximate surface area is 181 Å². The first-order chi connectivity index (χ1) is 14.3. The summed E-state index contributed by atoms with van der Waals surface area (Å²) in [5, 5.41) is 6.83. The molecule has 0 spiro atoms. The van der Waals surface area contributed by atoms with Crippen molar-refractivity contribution in [2.24, 2.45) is 4.99 Å². The van der Waals surface area contributed by atoms with E-state index in [9.17, 15) is 4.79 Å². The molecule has 0 saturated carbocycles. The Kier molecular flexibility index (Phi) is 9.59. The predicted molar refractivity (Wildman–Crippen MR) is 123 cm³/mol. The zero-order valence-electron chi connectivity index (χ0n) is 19.3. The normalized spacial score (nSPS) is 15.7. The zero-order valence-corrected chi connectivity index (χ0v) is 19.3. The number of benzene rings is 1. The first kappa shape index (κ1) is 24.2. The highest BCUT2D eigenvalue weighted by molar-refractivity contribution is 5.84. The molecular formula is C23H39N5O2. The Bertz CT molecular complexity index is 679. The summed E-state index contributed by atoms with van der Waals surface area (Å²) in [5.74, 6) is 0.662. The maximum absolute atomic E-state index is 12.0. The van der Waals surface area contributed by atoms with E-state index in [1.54, 1.807) is 19.0 Å². The van der Waals surface area contributed by atoms with Gasteiger partial charge in [-0.3, -0.25) is 9.69 Å². The molecule has 0 aromatic heterocycles. The van der Waals surface area contributed by atoms with Crippen LogP contribution in [0.2, 0.25) is 0 Å². The Hall–Kier alpha value is -2.12. The standard InChI is InChI=1S/C23H39N5O2/c1-6-19-7-9-20(10-8-19)23(2,3)18-26-22(25-17-21(29)27(4)5)24-11-12-28-13-15-30-16-14-28/h7-10H,6,11-18H2,1-5H3,(H2,24,25,26). The molecule has 2 rings (SSSR count). The minimum atomic E-state index is -0.0650. The van der Waals surface area contributed by atoms with E-state index in [0.717, 1.165) is 52.4 Å². The van der Waals surface area contributed by atoms with Gasteiger partial charge in [0, 0.05) is 52.2 Å². The van der Waals surface area contributed by atoms with Gasteiger partial charge in [-0.25, -0.2) is 4.99 Å². The number of hydrogen-bond donors (Lipinski definition) is 2. The summed E-state index contributed by atoms with van der Waals surface area (Å²) in [4.78, 5) is 20.4. The molecule has 1 heterocycles. The van der Waals surface area contributed by atoms with Gasteiger partial charge in [-0.15, -0.1) is 0 Å². The summed E-state index contributed by atoms with van der Waals surface area (Å²) in [6.07, 6.45) is 1.04. The van der Waals surface area contributed by atoms with Crippen molar-refractivity contribution in [3.63, 3.8) is 0 Å². The summed E-state index contributed by atoms with van der Waals surface area (Å²) < 4.78 is 5.41. The van der Waals surface area contributed by atoms with Crippen LogP contribution in [0.15, 0.2) is 29.3 Å². The van der Waals surface area contributed by atoms with E-state index in [-0.39, 0.29) is 17.9 Å². The zero-order chi connectivity index (χ0) is 22.0. The van der Waals surface area contributed by atoms with E-state index in [2.05, 4.69) is 65.6 Å². The summed E-state index contributed by atoms with van der Waals surface area (Å²) in [6.45, 7) is 12.7. The smallest absolute Gasteiger partial charge is 0.243 e. The van der Waals surface area contributed by atoms with Crippen molar-refractivity contribution < 1.29 is 9.53 Å². The third-order valence-electron chi connectivity index (χ3n) is 5.54. The number of aryl methyl sites for hydroxylation is 1. The molecule has 30 heavy (non-hydrogen) atoms. The van der Waals surface area contributed by atoms with Crippen LogP contribution in [-0.2, 0) is 21.4 Å². The van der Waals surface area contributed by atoms with Crippen molar-refractivity contribution in [1.82, 2.24) is 20.4 Å². The molecule has 1 saturated heterocycles. The van der Waals surface area contributed by atoms with E-state index >= 15 is 0 Å². The molecule has 0 aliphatic carbocycles. The lowest BCUT2D eigenvalue weighted by Crippen LogP contribution is -2.47. The van der Waals surface area contributed by atoms with Crippen LogP contribution in [0, 0.1) is 0 Å². The lowest BCUT2D eigenvalue weighted by molar-refractivity contribution is -0.127. The van der Waals surface area contributed by atoms with Crippen molar-refractivity contribution in [2.45, 2.75) is 32.6 Å². The molecule has 1 aliphatic rings. The molecule has 7 heteroatoms. The van der Waals surface area contributed by atoms with Gasteiger partial charge in [0.15, 0.2) is 5.96 Å². The van der Waals surface area contributed by atoms with Crippen LogP contribution in [-0.4, -0.2) is 88.2 Å². The second-order valence-corrected chi connectivity index (χ2v) is 8.62. The van der Waals surface area contributed by atoms with Crippen molar-refractivity contribution in [2.75, 3.05) is 66.6 Å². The number of likely N-dealkylation sites (N-methyl/N-ethyl adjacent to an activating group) is 1. The first-order valence-electron chi connectivity index (χ1n) is 10.9. The van der Waals surface area contributed by atoms with Crippen LogP contribution in [0.1, 0.15) is 31.9 Å². The molecule has 1 aromatic carbocycles. The van der Waals surface area contributed by atoms with Crippen molar-refractivity contribution in [3.8, 4) is 0 Å². The van der Waals surface area contributed by atoms with Crippen molar-refractivity contribution >= 4 is 11.9 Å². The average molecular weight is 418 g/mol. The second kappa shape index (κ2) is 11.9. The fourth-order valence-corrected chi connectivity index (χ4v) is 3.22. The van der Waals surface area contributed by atoms with Crippen LogP contribution < -0.4 is 10.6 Å². The molecule has 1 fully saturated rings. The lowest BCUT2D eigenvalue weighted by Gasteiger charge is -2.28. The third kappa shape index (κ3) is 7.95. The molecule has 1 aromatic rings. The van der Waals surface area contributed by atoms with Gasteiger partial charge in [0.25, 0.3) is 0 Å². The highest BCUT2D eigenvalue weighted by atomic mass is 16.5. The van der Waals surface area contributed by atoms with Crippen LogP contribution in [0.3, 0.4) is 0 Å². The Morgan fingerprint density at radius 1 is 1.17 bits per heavy atom. The summed E-state index contributed by atoms with van der Waals surface area (Å²) in [7, 11) is 3.50. The number of carbonyl (C=O) groups is 1. The van der Waals surface area contributed by atoms with Gasteiger partial charge in [-0.05, 0) is 17.5 Å². The van der Waals surface area contributed by atoms with Crippen LogP contribution in [0.4, 0.5) is 0 Å². The summed E-state index contributed by atoms with van der Waals surface area (Å²) >= 11 is 0. The van der Waals surface area contributed by atoms with Gasteiger partial charge in [-0.1, -0.05) is 45.0 Å². The van der Waals surface area contributed by atoms with Gasteiger partial charge in [-0.2, -0.15) is 0 Å².